The Hall–Kier alpha value is -3.87. The fourth-order valence-corrected chi connectivity index (χ4v) is 5.47. The van der Waals surface area contributed by atoms with Crippen molar-refractivity contribution < 1.29 is 65.2 Å². The fourth-order valence-electron chi connectivity index (χ4n) is 5.47. The Morgan fingerprint density at radius 2 is 1.03 bits per heavy atom. The second-order valence-electron chi connectivity index (χ2n) is 13.7. The van der Waals surface area contributed by atoms with Crippen LogP contribution in [0.1, 0.15) is 116 Å². The van der Waals surface area contributed by atoms with Gasteiger partial charge in [0.15, 0.2) is 17.5 Å². The van der Waals surface area contributed by atoms with Crippen LogP contribution in [0, 0.1) is 23.3 Å². The number of halogens is 4. The molecule has 4 N–H and O–H groups in total. The van der Waals surface area contributed by atoms with Gasteiger partial charge in [-0.3, -0.25) is 24.0 Å². The van der Waals surface area contributed by atoms with Gasteiger partial charge in [-0.2, -0.15) is 4.39 Å². The summed E-state index contributed by atoms with van der Waals surface area (Å²) in [7, 11) is 0. The minimum absolute atomic E-state index is 0.00927. The summed E-state index contributed by atoms with van der Waals surface area (Å²) in [4.78, 5) is 61.5. The number of ether oxygens (including phenoxy) is 5. The number of amides is 4. The molecule has 0 saturated heterocycles. The van der Waals surface area contributed by atoms with Crippen molar-refractivity contribution in [2.24, 2.45) is 0 Å². The van der Waals surface area contributed by atoms with Gasteiger partial charge >= 0.3 is 5.97 Å². The zero-order valence-corrected chi connectivity index (χ0v) is 35.1. The highest BCUT2D eigenvalue weighted by Gasteiger charge is 2.27. The molecule has 14 nitrogen and oxygen atoms in total. The molecule has 1 rings (SSSR count). The Balaban J connectivity index is 2.25. The average molecular weight is 851 g/mol. The van der Waals surface area contributed by atoms with E-state index >= 15 is 0 Å². The van der Waals surface area contributed by atoms with Gasteiger partial charge in [0, 0.05) is 44.5 Å². The Bertz CT molecular complexity index is 1390. The number of nitrogens with one attached hydrogen (secondary N) is 4. The molecule has 0 heterocycles. The third-order valence-electron chi connectivity index (χ3n) is 8.81. The summed E-state index contributed by atoms with van der Waals surface area (Å²) < 4.78 is 81.7. The first-order valence-electron chi connectivity index (χ1n) is 20.9. The molecule has 1 atom stereocenters. The molecular weight excluding hydrogens is 784 g/mol. The molecule has 0 saturated carbocycles. The number of carbonyl (C=O) groups excluding carboxylic acids is 5. The summed E-state index contributed by atoms with van der Waals surface area (Å²) in [6.07, 6.45) is 8.29. The fraction of sp³-hybridized carbons (Fsp3) is 0.732. The van der Waals surface area contributed by atoms with Crippen molar-refractivity contribution in [3.63, 3.8) is 0 Å². The van der Waals surface area contributed by atoms with Crippen LogP contribution >= 0.6 is 0 Å². The normalized spacial score (nSPS) is 11.6. The Labute approximate surface area is 345 Å². The third kappa shape index (κ3) is 24.7. The van der Waals surface area contributed by atoms with Crippen LogP contribution in [0.4, 0.5) is 17.6 Å². The van der Waals surface area contributed by atoms with Gasteiger partial charge in [-0.15, -0.1) is 0 Å². The van der Waals surface area contributed by atoms with Crippen molar-refractivity contribution >= 4 is 29.6 Å². The molecular formula is C41H66F4N4O10. The summed E-state index contributed by atoms with van der Waals surface area (Å²) >= 11 is 0. The number of hydrogen-bond donors (Lipinski definition) is 4. The lowest BCUT2D eigenvalue weighted by molar-refractivity contribution is -0.136. The van der Waals surface area contributed by atoms with Gasteiger partial charge in [0.05, 0.1) is 59.3 Å². The molecule has 0 spiro atoms. The molecule has 1 aromatic carbocycles. The van der Waals surface area contributed by atoms with E-state index in [-0.39, 0.29) is 95.9 Å². The van der Waals surface area contributed by atoms with Gasteiger partial charge in [0.2, 0.25) is 35.2 Å². The van der Waals surface area contributed by atoms with Gasteiger partial charge in [-0.05, 0) is 44.9 Å². The van der Waals surface area contributed by atoms with Crippen LogP contribution in [-0.2, 0) is 49.3 Å². The Kier molecular flexibility index (Phi) is 30.5. The second-order valence-corrected chi connectivity index (χ2v) is 13.7. The third-order valence-corrected chi connectivity index (χ3v) is 8.81. The first-order chi connectivity index (χ1) is 28.5. The summed E-state index contributed by atoms with van der Waals surface area (Å²) in [5, 5.41) is 11.3. The van der Waals surface area contributed by atoms with Crippen molar-refractivity contribution in [3.05, 3.63) is 28.8 Å². The maximum Gasteiger partial charge on any atom is 0.313 e. The van der Waals surface area contributed by atoms with Crippen LogP contribution in [0.15, 0.2) is 0 Å². The van der Waals surface area contributed by atoms with E-state index in [0.29, 0.717) is 51.6 Å². The Morgan fingerprint density at radius 1 is 0.508 bits per heavy atom. The maximum absolute atomic E-state index is 14.3. The molecule has 0 bridgehead atoms. The quantitative estimate of drug-likeness (QED) is 0.0177. The number of rotatable bonds is 36. The maximum atomic E-state index is 14.3. The summed E-state index contributed by atoms with van der Waals surface area (Å²) in [6.45, 7) is 7.88. The number of hydrogen-bond acceptors (Lipinski definition) is 10. The van der Waals surface area contributed by atoms with E-state index in [4.69, 9.17) is 18.9 Å². The van der Waals surface area contributed by atoms with E-state index in [2.05, 4.69) is 39.9 Å². The van der Waals surface area contributed by atoms with E-state index in [9.17, 15) is 41.5 Å². The number of carbonyl (C=O) groups is 5. The van der Waals surface area contributed by atoms with Gasteiger partial charge in [-0.1, -0.05) is 46.5 Å². The van der Waals surface area contributed by atoms with Crippen LogP contribution in [0.5, 0.6) is 5.75 Å². The molecule has 0 aromatic heterocycles. The number of unbranched alkanes of at least 4 members (excludes halogenated alkanes) is 5. The molecule has 0 radical (unpaired) electrons. The topological polar surface area (TPSA) is 180 Å². The Morgan fingerprint density at radius 3 is 1.59 bits per heavy atom. The highest BCUT2D eigenvalue weighted by Crippen LogP contribution is 2.30. The number of esters is 1. The van der Waals surface area contributed by atoms with Crippen LogP contribution in [0.3, 0.4) is 0 Å². The van der Waals surface area contributed by atoms with Gasteiger partial charge < -0.3 is 45.0 Å². The molecule has 0 unspecified atom stereocenters. The molecule has 0 aliphatic carbocycles. The molecule has 59 heavy (non-hydrogen) atoms. The van der Waals surface area contributed by atoms with Crippen LogP contribution in [0.25, 0.3) is 0 Å². The van der Waals surface area contributed by atoms with Crippen molar-refractivity contribution in [2.75, 3.05) is 72.5 Å². The lowest BCUT2D eigenvalue weighted by Crippen LogP contribution is -2.47. The predicted octanol–water partition coefficient (Wildman–Crippen LogP) is 5.11. The molecule has 1 aromatic rings. The van der Waals surface area contributed by atoms with Crippen LogP contribution in [-0.4, -0.2) is 108 Å². The van der Waals surface area contributed by atoms with E-state index in [0.717, 1.165) is 38.5 Å². The average Bonchev–Trinajstić information content (AvgIpc) is 3.21. The van der Waals surface area contributed by atoms with Crippen molar-refractivity contribution in [1.29, 1.82) is 0 Å². The lowest BCUT2D eigenvalue weighted by Gasteiger charge is -2.19. The second kappa shape index (κ2) is 33.9. The van der Waals surface area contributed by atoms with Crippen molar-refractivity contribution in [1.82, 2.24) is 21.3 Å². The van der Waals surface area contributed by atoms with Crippen molar-refractivity contribution in [3.8, 4) is 5.75 Å². The highest BCUT2D eigenvalue weighted by atomic mass is 19.2. The summed E-state index contributed by atoms with van der Waals surface area (Å²) in [5.74, 6) is -10.0. The van der Waals surface area contributed by atoms with E-state index in [1.54, 1.807) is 0 Å². The summed E-state index contributed by atoms with van der Waals surface area (Å²) in [5.41, 5.74) is -0.726. The van der Waals surface area contributed by atoms with Crippen molar-refractivity contribution in [2.45, 2.75) is 123 Å². The zero-order valence-electron chi connectivity index (χ0n) is 35.1. The zero-order chi connectivity index (χ0) is 43.7. The first kappa shape index (κ1) is 53.1. The molecule has 338 valence electrons. The standard InChI is InChI=1S/C41H66F4N4O10/c1-4-7-9-15-32(50)46-19-12-11-14-31(49-34(52)17-13-20-47-33(51)16-10-8-5-2)41(54)48-21-23-56-25-27-58-29-28-57-26-24-55-22-18-35(53)59-40-37(43)30(6-3)36(42)38(44)39(40)45/h31H,4-29H2,1-3H3,(H,46,50)(H,47,51)(H,48,54)(H,49,52)/t31-/m0/s1. The molecule has 0 aliphatic heterocycles. The monoisotopic (exact) mass is 850 g/mol. The van der Waals surface area contributed by atoms with Gasteiger partial charge in [0.1, 0.15) is 6.04 Å². The summed E-state index contributed by atoms with van der Waals surface area (Å²) in [6, 6.07) is -0.761. The van der Waals surface area contributed by atoms with E-state index in [1.165, 1.54) is 6.92 Å². The van der Waals surface area contributed by atoms with E-state index in [1.807, 2.05) is 0 Å². The predicted molar refractivity (Wildman–Crippen MR) is 212 cm³/mol. The molecule has 4 amide bonds. The minimum Gasteiger partial charge on any atom is -0.420 e. The minimum atomic E-state index is -1.92. The highest BCUT2D eigenvalue weighted by molar-refractivity contribution is 5.87. The van der Waals surface area contributed by atoms with Gasteiger partial charge in [0.25, 0.3) is 0 Å². The smallest absolute Gasteiger partial charge is 0.313 e. The SMILES string of the molecule is CCCCCC(=O)NCCCC[C@H](NC(=O)CCCNC(=O)CCCCC)C(=O)NCCOCCOCCOCCOCCC(=O)Oc1c(F)c(F)c(F)c(CC)c1F. The number of benzene rings is 1. The molecule has 0 aliphatic rings. The van der Waals surface area contributed by atoms with E-state index < -0.39 is 53.0 Å². The largest absolute Gasteiger partial charge is 0.420 e. The molecule has 0 fully saturated rings. The lowest BCUT2D eigenvalue weighted by atomic mass is 10.1. The van der Waals surface area contributed by atoms with Crippen LogP contribution in [0.2, 0.25) is 0 Å². The molecule has 18 heteroatoms. The van der Waals surface area contributed by atoms with Gasteiger partial charge in [-0.25, -0.2) is 13.2 Å². The van der Waals surface area contributed by atoms with Crippen LogP contribution < -0.4 is 26.0 Å². The first-order valence-corrected chi connectivity index (χ1v) is 20.9.